The van der Waals surface area contributed by atoms with E-state index in [0.29, 0.717) is 25.5 Å². The summed E-state index contributed by atoms with van der Waals surface area (Å²) < 4.78 is 0. The molecule has 0 aliphatic carbocycles. The van der Waals surface area contributed by atoms with E-state index in [9.17, 15) is 4.79 Å². The Morgan fingerprint density at radius 3 is 2.61 bits per heavy atom. The second-order valence-electron chi connectivity index (χ2n) is 5.19. The molecule has 6 heteroatoms. The van der Waals surface area contributed by atoms with Crippen LogP contribution in [0, 0.1) is 6.92 Å². The van der Waals surface area contributed by atoms with Crippen molar-refractivity contribution in [1.29, 1.82) is 0 Å². The van der Waals surface area contributed by atoms with Gasteiger partial charge < -0.3 is 16.0 Å². The van der Waals surface area contributed by atoms with Crippen LogP contribution in [0.5, 0.6) is 0 Å². The Morgan fingerprint density at radius 1 is 1.09 bits per heavy atom. The molecule has 1 aromatic heterocycles. The van der Waals surface area contributed by atoms with E-state index in [1.807, 2.05) is 50.2 Å². The number of benzene rings is 1. The number of nitrogens with one attached hydrogen (secondary N) is 3. The van der Waals surface area contributed by atoms with Crippen LogP contribution in [0.15, 0.2) is 36.4 Å². The topological polar surface area (TPSA) is 78.9 Å². The second kappa shape index (κ2) is 8.73. The molecule has 0 unspecified atom stereocenters. The molecule has 2 rings (SSSR count). The number of hydrogen-bond acceptors (Lipinski definition) is 5. The van der Waals surface area contributed by atoms with Crippen LogP contribution >= 0.6 is 0 Å². The molecule has 0 bridgehead atoms. The molecule has 1 aromatic carbocycles. The normalized spacial score (nSPS) is 10.2. The molecule has 1 heterocycles. The number of aromatic nitrogens is 2. The van der Waals surface area contributed by atoms with Gasteiger partial charge in [0.05, 0.1) is 6.42 Å². The monoisotopic (exact) mass is 313 g/mol. The highest BCUT2D eigenvalue weighted by Crippen LogP contribution is 2.08. The minimum atomic E-state index is 0.0187. The summed E-state index contributed by atoms with van der Waals surface area (Å²) in [7, 11) is 0. The van der Waals surface area contributed by atoms with Crippen LogP contribution in [0.3, 0.4) is 0 Å². The molecule has 6 nitrogen and oxygen atoms in total. The highest BCUT2D eigenvalue weighted by Gasteiger charge is 2.03. The molecule has 1 amide bonds. The standard InChI is InChI=1S/C17H23N5O/c1-3-18-17-21-13(2)11-15(22-17)19-9-10-20-16(23)12-14-7-5-4-6-8-14/h4-8,11H,3,9-10,12H2,1-2H3,(H,20,23)(H2,18,19,21,22). The van der Waals surface area contributed by atoms with Crippen molar-refractivity contribution in [1.82, 2.24) is 15.3 Å². The van der Waals surface area contributed by atoms with Gasteiger partial charge >= 0.3 is 0 Å². The fraction of sp³-hybridized carbons (Fsp3) is 0.353. The maximum absolute atomic E-state index is 11.8. The predicted octanol–water partition coefficient (Wildman–Crippen LogP) is 1.99. The summed E-state index contributed by atoms with van der Waals surface area (Å²) in [6.45, 7) is 5.86. The predicted molar refractivity (Wildman–Crippen MR) is 92.6 cm³/mol. The lowest BCUT2D eigenvalue weighted by Crippen LogP contribution is -2.30. The van der Waals surface area contributed by atoms with Gasteiger partial charge in [-0.15, -0.1) is 0 Å². The van der Waals surface area contributed by atoms with Crippen molar-refractivity contribution in [2.24, 2.45) is 0 Å². The maximum atomic E-state index is 11.8. The van der Waals surface area contributed by atoms with Crippen LogP contribution in [0.2, 0.25) is 0 Å². The zero-order chi connectivity index (χ0) is 16.5. The van der Waals surface area contributed by atoms with E-state index in [-0.39, 0.29) is 5.91 Å². The van der Waals surface area contributed by atoms with Crippen LogP contribution in [-0.4, -0.2) is 35.5 Å². The third-order valence-electron chi connectivity index (χ3n) is 3.15. The van der Waals surface area contributed by atoms with Gasteiger partial charge in [0.15, 0.2) is 0 Å². The number of carbonyl (C=O) groups excluding carboxylic acids is 1. The summed E-state index contributed by atoms with van der Waals surface area (Å²) in [5, 5.41) is 9.19. The molecule has 3 N–H and O–H groups in total. The fourth-order valence-electron chi connectivity index (χ4n) is 2.13. The summed E-state index contributed by atoms with van der Waals surface area (Å²) in [5.74, 6) is 1.39. The van der Waals surface area contributed by atoms with Crippen molar-refractivity contribution >= 4 is 17.7 Å². The quantitative estimate of drug-likeness (QED) is 0.650. The minimum Gasteiger partial charge on any atom is -0.368 e. The molecule has 0 saturated carbocycles. The zero-order valence-electron chi connectivity index (χ0n) is 13.6. The van der Waals surface area contributed by atoms with Gasteiger partial charge in [-0.25, -0.2) is 4.98 Å². The van der Waals surface area contributed by atoms with Crippen LogP contribution < -0.4 is 16.0 Å². The number of amides is 1. The number of rotatable bonds is 8. The Kier molecular flexibility index (Phi) is 6.35. The van der Waals surface area contributed by atoms with E-state index in [1.54, 1.807) is 0 Å². The maximum Gasteiger partial charge on any atom is 0.224 e. The minimum absolute atomic E-state index is 0.0187. The number of hydrogen-bond donors (Lipinski definition) is 3. The first kappa shape index (κ1) is 16.7. The summed E-state index contributed by atoms with van der Waals surface area (Å²) in [6.07, 6.45) is 0.401. The molecular weight excluding hydrogens is 290 g/mol. The lowest BCUT2D eigenvalue weighted by atomic mass is 10.1. The van der Waals surface area contributed by atoms with Gasteiger partial charge in [-0.2, -0.15) is 4.98 Å². The molecule has 0 radical (unpaired) electrons. The van der Waals surface area contributed by atoms with Gasteiger partial charge in [-0.05, 0) is 19.4 Å². The van der Waals surface area contributed by atoms with Crippen molar-refractivity contribution < 1.29 is 4.79 Å². The molecule has 0 fully saturated rings. The van der Waals surface area contributed by atoms with Gasteiger partial charge in [0.2, 0.25) is 11.9 Å². The Balaban J connectivity index is 1.73. The molecule has 23 heavy (non-hydrogen) atoms. The summed E-state index contributed by atoms with van der Waals surface area (Å²) in [4.78, 5) is 20.5. The van der Waals surface area contributed by atoms with E-state index in [2.05, 4.69) is 25.9 Å². The number of aryl methyl sites for hydroxylation is 1. The summed E-state index contributed by atoms with van der Waals surface area (Å²) in [5.41, 5.74) is 1.91. The lowest BCUT2D eigenvalue weighted by Gasteiger charge is -2.10. The first-order valence-electron chi connectivity index (χ1n) is 7.81. The molecule has 0 aliphatic heterocycles. The van der Waals surface area contributed by atoms with Crippen molar-refractivity contribution in [3.05, 3.63) is 47.7 Å². The highest BCUT2D eigenvalue weighted by molar-refractivity contribution is 5.78. The molecular formula is C17H23N5O. The Bertz CT molecular complexity index is 630. The van der Waals surface area contributed by atoms with Gasteiger partial charge in [0.25, 0.3) is 0 Å². The highest BCUT2D eigenvalue weighted by atomic mass is 16.1. The van der Waals surface area contributed by atoms with E-state index in [0.717, 1.165) is 23.6 Å². The molecule has 0 spiro atoms. The zero-order valence-corrected chi connectivity index (χ0v) is 13.6. The Labute approximate surface area is 136 Å². The van der Waals surface area contributed by atoms with E-state index in [1.165, 1.54) is 0 Å². The molecule has 0 atom stereocenters. The van der Waals surface area contributed by atoms with E-state index < -0.39 is 0 Å². The van der Waals surface area contributed by atoms with Gasteiger partial charge in [0, 0.05) is 31.4 Å². The summed E-state index contributed by atoms with van der Waals surface area (Å²) >= 11 is 0. The average molecular weight is 313 g/mol. The van der Waals surface area contributed by atoms with Crippen LogP contribution in [0.4, 0.5) is 11.8 Å². The summed E-state index contributed by atoms with van der Waals surface area (Å²) in [6, 6.07) is 11.6. The van der Waals surface area contributed by atoms with Crippen LogP contribution in [0.1, 0.15) is 18.2 Å². The third-order valence-corrected chi connectivity index (χ3v) is 3.15. The van der Waals surface area contributed by atoms with E-state index in [4.69, 9.17) is 0 Å². The largest absolute Gasteiger partial charge is 0.368 e. The molecule has 122 valence electrons. The third kappa shape index (κ3) is 5.94. The van der Waals surface area contributed by atoms with Crippen molar-refractivity contribution in [2.75, 3.05) is 30.3 Å². The lowest BCUT2D eigenvalue weighted by molar-refractivity contribution is -0.120. The Hall–Kier alpha value is -2.63. The molecule has 0 saturated heterocycles. The average Bonchev–Trinajstić information content (AvgIpc) is 2.52. The fourth-order valence-corrected chi connectivity index (χ4v) is 2.13. The smallest absolute Gasteiger partial charge is 0.224 e. The van der Waals surface area contributed by atoms with Gasteiger partial charge in [-0.3, -0.25) is 4.79 Å². The number of nitrogens with zero attached hydrogens (tertiary/aromatic N) is 2. The number of anilines is 2. The van der Waals surface area contributed by atoms with E-state index >= 15 is 0 Å². The van der Waals surface area contributed by atoms with Gasteiger partial charge in [0.1, 0.15) is 5.82 Å². The first-order valence-corrected chi connectivity index (χ1v) is 7.81. The van der Waals surface area contributed by atoms with Gasteiger partial charge in [-0.1, -0.05) is 30.3 Å². The SMILES string of the molecule is CCNc1nc(C)cc(NCCNC(=O)Cc2ccccc2)n1. The van der Waals surface area contributed by atoms with Crippen molar-refractivity contribution in [3.63, 3.8) is 0 Å². The second-order valence-corrected chi connectivity index (χ2v) is 5.19. The van der Waals surface area contributed by atoms with Crippen molar-refractivity contribution in [3.8, 4) is 0 Å². The van der Waals surface area contributed by atoms with Crippen LogP contribution in [-0.2, 0) is 11.2 Å². The first-order chi connectivity index (χ1) is 11.2. The van der Waals surface area contributed by atoms with Crippen molar-refractivity contribution in [2.45, 2.75) is 20.3 Å². The molecule has 2 aromatic rings. The Morgan fingerprint density at radius 2 is 1.87 bits per heavy atom. The van der Waals surface area contributed by atoms with Crippen LogP contribution in [0.25, 0.3) is 0 Å². The molecule has 0 aliphatic rings. The number of carbonyl (C=O) groups is 1.